The smallest absolute Gasteiger partial charge is 0.451 e. The zero-order chi connectivity index (χ0) is 56.8. The second-order valence-electron chi connectivity index (χ2n) is 19.8. The summed E-state index contributed by atoms with van der Waals surface area (Å²) in [4.78, 5) is 84.1. The molecule has 29 heteroatoms. The zero-order valence-electron chi connectivity index (χ0n) is 45.1. The van der Waals surface area contributed by atoms with Crippen molar-refractivity contribution in [3.05, 3.63) is 100 Å². The Kier molecular flexibility index (Phi) is 30.4. The van der Waals surface area contributed by atoms with Crippen LogP contribution in [0.5, 0.6) is 0 Å². The summed E-state index contributed by atoms with van der Waals surface area (Å²) in [7, 11) is -2.90. The summed E-state index contributed by atoms with van der Waals surface area (Å²) >= 11 is 0. The maximum atomic E-state index is 13.0. The summed E-state index contributed by atoms with van der Waals surface area (Å²) in [5.74, 6) is -4.66. The first kappa shape index (κ1) is 70.4. The first-order chi connectivity index (χ1) is 35.9. The number of esters is 2. The number of rotatable bonds is 23. The van der Waals surface area contributed by atoms with Crippen LogP contribution in [0.15, 0.2) is 70.9 Å². The molecule has 0 aromatic heterocycles. The van der Waals surface area contributed by atoms with Crippen molar-refractivity contribution in [2.45, 2.75) is 133 Å². The van der Waals surface area contributed by atoms with Gasteiger partial charge in [-0.15, -0.1) is 0 Å². The minimum atomic E-state index is -1.59. The number of likely N-dealkylation sites (tertiary alicyclic amines) is 3. The van der Waals surface area contributed by atoms with Crippen LogP contribution in [0.25, 0.3) is 20.9 Å². The maximum absolute atomic E-state index is 13.0. The Morgan fingerprint density at radius 1 is 0.641 bits per heavy atom. The van der Waals surface area contributed by atoms with Gasteiger partial charge in [0.25, 0.3) is 0 Å². The van der Waals surface area contributed by atoms with Crippen molar-refractivity contribution in [2.75, 3.05) is 39.3 Å². The topological polar surface area (TPSA) is 433 Å². The number of hydrogen-bond donors (Lipinski definition) is 9. The van der Waals surface area contributed by atoms with Crippen LogP contribution in [0.2, 0.25) is 12.6 Å². The first-order valence-electron chi connectivity index (χ1n) is 25.3. The molecule has 3 aliphatic heterocycles. The number of carbonyl (C=O) groups excluding carboxylic acids is 5. The number of amides is 3. The Balaban J connectivity index is 0.000000587. The molecule has 0 aliphatic carbocycles. The van der Waals surface area contributed by atoms with Crippen LogP contribution in [-0.2, 0) is 71.9 Å². The molecule has 13 N–H and O–H groups in total. The molecule has 3 heterocycles. The third-order valence-electron chi connectivity index (χ3n) is 13.7. The minimum absolute atomic E-state index is 0. The molecule has 434 valence electrons. The van der Waals surface area contributed by atoms with Gasteiger partial charge in [-0.25, -0.2) is 0 Å². The van der Waals surface area contributed by atoms with Gasteiger partial charge >= 0.3 is 32.1 Å². The van der Waals surface area contributed by atoms with Crippen LogP contribution in [0.1, 0.15) is 83.8 Å². The molecule has 0 saturated carbocycles. The predicted octanol–water partition coefficient (Wildman–Crippen LogP) is 1.89. The van der Waals surface area contributed by atoms with E-state index in [2.05, 4.69) is 20.1 Å². The van der Waals surface area contributed by atoms with E-state index in [9.17, 15) is 33.9 Å². The molecule has 5 rings (SSSR count). The van der Waals surface area contributed by atoms with Crippen LogP contribution in [-0.4, -0.2) is 164 Å². The molecule has 3 amide bonds. The third-order valence-corrected chi connectivity index (χ3v) is 13.7. The number of carbonyl (C=O) groups is 6. The molecule has 0 unspecified atom stereocenters. The monoisotopic (exact) mass is 1180 g/mol. The second kappa shape index (κ2) is 33.7. The SMILES string of the molecule is CCCC[C@H]1CN(C(=O)[C@H](C)N)C[C@@]1(N=[N+]=[N-])C(=O)OCc1ccccc1.C[C@H](N)C(=O)N1C[C@H](CCCB(O)O)[C@](N)(C(=O)O)C1.C[C@H](N)C(=O)N1C[C@H](CCCB(O)O)[C@](N=[N+]=[N-])(C(=O)OCc2ccccc2)C1.[CH3-].[Pd]. The van der Waals surface area contributed by atoms with Gasteiger partial charge in [0.2, 0.25) is 17.7 Å². The van der Waals surface area contributed by atoms with Crippen molar-refractivity contribution >= 4 is 49.9 Å². The number of azide groups is 2. The molecule has 78 heavy (non-hydrogen) atoms. The average molecular weight is 1190 g/mol. The van der Waals surface area contributed by atoms with Gasteiger partial charge in [0, 0.05) is 87.3 Å². The van der Waals surface area contributed by atoms with Gasteiger partial charge in [-0.05, 0) is 74.9 Å². The molecule has 3 fully saturated rings. The van der Waals surface area contributed by atoms with E-state index in [-0.39, 0.29) is 110 Å². The minimum Gasteiger partial charge on any atom is -0.480 e. The number of ether oxygens (including phenoxy) is 2. The number of carboxylic acid groups (broad SMARTS) is 1. The fraction of sp³-hybridized carbons (Fsp3) is 0.612. The molecule has 2 aromatic carbocycles. The molecule has 9 atom stereocenters. The summed E-state index contributed by atoms with van der Waals surface area (Å²) in [6.45, 7) is 7.35. The Labute approximate surface area is 470 Å². The number of hydrogen-bond acceptors (Lipinski definition) is 18. The van der Waals surface area contributed by atoms with Crippen molar-refractivity contribution in [1.82, 2.24) is 14.7 Å². The summed E-state index contributed by atoms with van der Waals surface area (Å²) in [6, 6.07) is 16.2. The van der Waals surface area contributed by atoms with Crippen molar-refractivity contribution in [2.24, 2.45) is 50.9 Å². The van der Waals surface area contributed by atoms with Crippen LogP contribution in [0, 0.1) is 25.2 Å². The Bertz CT molecular complexity index is 2340. The van der Waals surface area contributed by atoms with Crippen molar-refractivity contribution < 1.29 is 83.9 Å². The van der Waals surface area contributed by atoms with Gasteiger partial charge in [0.15, 0.2) is 11.1 Å². The molecular weight excluding hydrogens is 1110 g/mol. The van der Waals surface area contributed by atoms with Crippen LogP contribution < -0.4 is 22.9 Å². The van der Waals surface area contributed by atoms with Gasteiger partial charge in [-0.1, -0.05) is 103 Å². The molecule has 3 aliphatic rings. The first-order valence-corrected chi connectivity index (χ1v) is 25.3. The zero-order valence-corrected chi connectivity index (χ0v) is 46.6. The van der Waals surface area contributed by atoms with Gasteiger partial charge in [-0.3, -0.25) is 28.8 Å². The normalized spacial score (nSPS) is 23.1. The number of carboxylic acids is 1. The van der Waals surface area contributed by atoms with Crippen molar-refractivity contribution in [3.8, 4) is 0 Å². The average Bonchev–Trinajstić information content (AvgIpc) is 4.06. The van der Waals surface area contributed by atoms with E-state index in [1.54, 1.807) is 26.0 Å². The Hall–Kier alpha value is -5.65. The van der Waals surface area contributed by atoms with Crippen molar-refractivity contribution in [3.63, 3.8) is 0 Å². The maximum Gasteiger partial charge on any atom is 0.451 e. The van der Waals surface area contributed by atoms with E-state index in [0.717, 1.165) is 24.0 Å². The molecule has 2 aromatic rings. The van der Waals surface area contributed by atoms with Gasteiger partial charge in [0.1, 0.15) is 18.8 Å². The standard InChI is InChI=1S/C19H27N5O3.C18H26BN5O5.C11H22BN3O5.CH3.Pd/c1-3-4-10-16-11-24(17(25)14(2)20)13-19(16,22-23-21)18(26)27-12-15-8-6-5-7-9-15;1-13(20)16(25)24-10-15(8-5-9-19(27)28)18(12-24,22-23-21)17(26)29-11-14-6-3-2-4-7-14;1-7(13)9(16)15-5-8(3-2-4-12(19)20)11(14,6-15)10(17)18;;/h5-9,14,16H,3-4,10-13,20H2,1-2H3;2-4,6-7,13,15,27-28H,5,8-12,20H2,1H3;7-8,19-20H,2-6,13-14H2,1H3,(H,17,18);1H3;/q;;;-1;/t14-,16-,19-;13-,15-,18-;7-,8-,11-;;/m000../s1. The molecule has 0 spiro atoms. The second-order valence-corrected chi connectivity index (χ2v) is 19.8. The number of benzene rings is 2. The summed E-state index contributed by atoms with van der Waals surface area (Å²) < 4.78 is 10.9. The molecular formula is C49H78B2N13O13Pd-. The summed E-state index contributed by atoms with van der Waals surface area (Å²) in [6.07, 6.45) is 4.26. The van der Waals surface area contributed by atoms with E-state index in [0.29, 0.717) is 38.6 Å². The molecule has 0 bridgehead atoms. The van der Waals surface area contributed by atoms with Crippen LogP contribution >= 0.6 is 0 Å². The number of nitrogens with zero attached hydrogens (tertiary/aromatic N) is 9. The largest absolute Gasteiger partial charge is 0.480 e. The van der Waals surface area contributed by atoms with Gasteiger partial charge in [-0.2, -0.15) is 0 Å². The number of aliphatic carboxylic acids is 1. The molecule has 0 radical (unpaired) electrons. The molecule has 26 nitrogen and oxygen atoms in total. The van der Waals surface area contributed by atoms with E-state index >= 15 is 0 Å². The van der Waals surface area contributed by atoms with Crippen molar-refractivity contribution in [1.29, 1.82) is 0 Å². The predicted molar refractivity (Wildman–Crippen MR) is 286 cm³/mol. The van der Waals surface area contributed by atoms with Gasteiger partial charge < -0.3 is 79.7 Å². The number of unbranched alkanes of at least 4 members (excludes halogenated alkanes) is 1. The Morgan fingerprint density at radius 3 is 1.29 bits per heavy atom. The summed E-state index contributed by atoms with van der Waals surface area (Å²) in [5, 5.41) is 52.7. The van der Waals surface area contributed by atoms with Gasteiger partial charge in [0.05, 0.1) is 18.1 Å². The van der Waals surface area contributed by atoms with Crippen LogP contribution in [0.4, 0.5) is 0 Å². The quantitative estimate of drug-likeness (QED) is 0.0192. The van der Waals surface area contributed by atoms with E-state index < -0.39 is 78.7 Å². The van der Waals surface area contributed by atoms with E-state index in [1.807, 2.05) is 55.5 Å². The number of nitrogens with two attached hydrogens (primary N) is 4. The summed E-state index contributed by atoms with van der Waals surface area (Å²) in [5.41, 5.74) is 38.2. The fourth-order valence-corrected chi connectivity index (χ4v) is 9.53. The molecule has 3 saturated heterocycles. The van der Waals surface area contributed by atoms with Crippen LogP contribution in [0.3, 0.4) is 0 Å². The fourth-order valence-electron chi connectivity index (χ4n) is 9.53. The van der Waals surface area contributed by atoms with E-state index in [4.69, 9.17) is 63.6 Å². The van der Waals surface area contributed by atoms with E-state index in [1.165, 1.54) is 21.6 Å². The Morgan fingerprint density at radius 2 is 0.974 bits per heavy atom. The third kappa shape index (κ3) is 19.6.